The van der Waals surface area contributed by atoms with Gasteiger partial charge in [0.15, 0.2) is 5.65 Å². The van der Waals surface area contributed by atoms with Crippen LogP contribution in [-0.4, -0.2) is 34.3 Å². The minimum Gasteiger partial charge on any atom is -0.460 e. The van der Waals surface area contributed by atoms with Crippen LogP contribution in [0.3, 0.4) is 0 Å². The summed E-state index contributed by atoms with van der Waals surface area (Å²) >= 11 is 0. The van der Waals surface area contributed by atoms with Gasteiger partial charge >= 0.3 is 0 Å². The van der Waals surface area contributed by atoms with Crippen molar-refractivity contribution in [2.45, 2.75) is 53.4 Å². The van der Waals surface area contributed by atoms with Gasteiger partial charge in [-0.15, -0.1) is 0 Å². The molecule has 0 atom stereocenters. The summed E-state index contributed by atoms with van der Waals surface area (Å²) in [7, 11) is 1.54. The van der Waals surface area contributed by atoms with Crippen molar-refractivity contribution >= 4 is 22.5 Å². The summed E-state index contributed by atoms with van der Waals surface area (Å²) in [5.74, 6) is 0.911. The third kappa shape index (κ3) is 3.56. The molecule has 4 aromatic rings. The van der Waals surface area contributed by atoms with E-state index in [1.54, 1.807) is 6.07 Å². The van der Waals surface area contributed by atoms with Gasteiger partial charge in [0.25, 0.3) is 5.91 Å². The lowest BCUT2D eigenvalue weighted by atomic mass is 9.95. The number of aromatic nitrogens is 3. The van der Waals surface area contributed by atoms with Crippen LogP contribution in [0.25, 0.3) is 27.9 Å². The zero-order valence-electron chi connectivity index (χ0n) is 19.6. The molecule has 32 heavy (non-hydrogen) atoms. The van der Waals surface area contributed by atoms with Crippen LogP contribution in [0.2, 0.25) is 0 Å². The number of ether oxygens (including phenoxy) is 1. The fraction of sp³-hybridized carbons (Fsp3) is 0.400. The van der Waals surface area contributed by atoms with Gasteiger partial charge in [-0.25, -0.2) is 9.50 Å². The van der Waals surface area contributed by atoms with Gasteiger partial charge < -0.3 is 14.5 Å². The van der Waals surface area contributed by atoms with Crippen molar-refractivity contribution in [2.75, 3.05) is 13.8 Å². The third-order valence-corrected chi connectivity index (χ3v) is 6.08. The van der Waals surface area contributed by atoms with Crippen LogP contribution in [0.4, 0.5) is 0 Å². The van der Waals surface area contributed by atoms with Crippen molar-refractivity contribution in [2.24, 2.45) is 0 Å². The Hall–Kier alpha value is -3.19. The van der Waals surface area contributed by atoms with Crippen LogP contribution in [-0.2, 0) is 4.74 Å². The highest BCUT2D eigenvalue weighted by atomic mass is 16.5. The molecule has 0 saturated heterocycles. The van der Waals surface area contributed by atoms with E-state index >= 15 is 0 Å². The van der Waals surface area contributed by atoms with Gasteiger partial charge in [0.05, 0.1) is 28.2 Å². The monoisotopic (exact) mass is 434 g/mol. The van der Waals surface area contributed by atoms with E-state index in [4.69, 9.17) is 19.2 Å². The van der Waals surface area contributed by atoms with Gasteiger partial charge in [-0.2, -0.15) is 5.10 Å². The zero-order chi connectivity index (χ0) is 23.0. The molecule has 0 spiro atoms. The first-order valence-corrected chi connectivity index (χ1v) is 11.1. The molecule has 1 amide bonds. The molecule has 4 rings (SSSR count). The number of nitrogens with zero attached hydrogens (tertiary/aromatic N) is 3. The van der Waals surface area contributed by atoms with E-state index in [0.717, 1.165) is 52.3 Å². The Morgan fingerprint density at radius 1 is 1.22 bits per heavy atom. The number of rotatable bonds is 7. The van der Waals surface area contributed by atoms with E-state index in [1.165, 1.54) is 12.7 Å². The van der Waals surface area contributed by atoms with Crippen molar-refractivity contribution in [1.29, 1.82) is 0 Å². The average molecular weight is 435 g/mol. The first-order chi connectivity index (χ1) is 15.4. The van der Waals surface area contributed by atoms with E-state index in [2.05, 4.69) is 25.2 Å². The highest BCUT2D eigenvalue weighted by Gasteiger charge is 2.25. The second kappa shape index (κ2) is 8.74. The maximum Gasteiger partial charge on any atom is 0.256 e. The Kier molecular flexibility index (Phi) is 6.02. The summed E-state index contributed by atoms with van der Waals surface area (Å²) in [6.07, 6.45) is 2.09. The maximum absolute atomic E-state index is 12.7. The summed E-state index contributed by atoms with van der Waals surface area (Å²) in [4.78, 5) is 17.6. The van der Waals surface area contributed by atoms with Gasteiger partial charge in [-0.1, -0.05) is 26.0 Å². The lowest BCUT2D eigenvalue weighted by Crippen LogP contribution is -2.25. The number of amides is 1. The molecule has 1 N–H and O–H groups in total. The number of furan rings is 1. The molecule has 1 aromatic carbocycles. The van der Waals surface area contributed by atoms with E-state index < -0.39 is 0 Å². The van der Waals surface area contributed by atoms with E-state index in [-0.39, 0.29) is 12.6 Å². The SMILES string of the molecule is CCC(CC)c1cc(C)nn2c(-c3c(C)oc4c(C(=O)NCOC)cccc34)c(C)nc12. The fourth-order valence-corrected chi connectivity index (χ4v) is 4.54. The largest absolute Gasteiger partial charge is 0.460 e. The molecular weight excluding hydrogens is 404 g/mol. The second-order valence-corrected chi connectivity index (χ2v) is 8.19. The average Bonchev–Trinajstić information content (AvgIpc) is 3.27. The van der Waals surface area contributed by atoms with Crippen molar-refractivity contribution in [3.63, 3.8) is 0 Å². The molecule has 0 saturated carbocycles. The Morgan fingerprint density at radius 2 is 1.97 bits per heavy atom. The van der Waals surface area contributed by atoms with Gasteiger partial charge in [-0.3, -0.25) is 4.79 Å². The van der Waals surface area contributed by atoms with Crippen LogP contribution in [0.15, 0.2) is 28.7 Å². The number of benzene rings is 1. The number of carbonyl (C=O) groups is 1. The standard InChI is InChI=1S/C25H30N4O3/c1-7-17(8-2)20-12-14(3)28-29-22(15(4)27-24(20)29)21-16(5)32-23-18(21)10-9-11-19(23)25(30)26-13-31-6/h9-12,17H,7-8,13H2,1-6H3,(H,26,30). The van der Waals surface area contributed by atoms with E-state index in [0.29, 0.717) is 17.1 Å². The predicted octanol–water partition coefficient (Wildman–Crippen LogP) is 5.31. The third-order valence-electron chi connectivity index (χ3n) is 6.08. The Bertz CT molecular complexity index is 1300. The van der Waals surface area contributed by atoms with E-state index in [9.17, 15) is 4.79 Å². The van der Waals surface area contributed by atoms with Crippen molar-refractivity contribution in [3.8, 4) is 11.3 Å². The van der Waals surface area contributed by atoms with Gasteiger partial charge in [-0.05, 0) is 51.7 Å². The van der Waals surface area contributed by atoms with Crippen molar-refractivity contribution in [1.82, 2.24) is 19.9 Å². The summed E-state index contributed by atoms with van der Waals surface area (Å²) in [6.45, 7) is 10.5. The Balaban J connectivity index is 1.97. The van der Waals surface area contributed by atoms with Crippen LogP contribution in [0.5, 0.6) is 0 Å². The van der Waals surface area contributed by atoms with Gasteiger partial charge in [0.1, 0.15) is 18.1 Å². The topological polar surface area (TPSA) is 81.7 Å². The molecule has 168 valence electrons. The maximum atomic E-state index is 12.7. The normalized spacial score (nSPS) is 11.7. The molecule has 0 aliphatic heterocycles. The summed E-state index contributed by atoms with van der Waals surface area (Å²) in [6, 6.07) is 7.76. The Morgan fingerprint density at radius 3 is 2.66 bits per heavy atom. The number of methoxy groups -OCH3 is 1. The molecule has 0 fully saturated rings. The molecule has 0 aliphatic rings. The minimum absolute atomic E-state index is 0.135. The summed E-state index contributed by atoms with van der Waals surface area (Å²) < 4.78 is 13.1. The fourth-order valence-electron chi connectivity index (χ4n) is 4.54. The number of fused-ring (bicyclic) bond motifs is 2. The number of nitrogens with one attached hydrogen (secondary N) is 1. The van der Waals surface area contributed by atoms with Crippen LogP contribution in [0.1, 0.15) is 65.7 Å². The van der Waals surface area contributed by atoms with Crippen LogP contribution in [0, 0.1) is 20.8 Å². The number of para-hydroxylation sites is 1. The minimum atomic E-state index is -0.238. The first kappa shape index (κ1) is 22.0. The number of hydrogen-bond donors (Lipinski definition) is 1. The van der Waals surface area contributed by atoms with Crippen molar-refractivity contribution in [3.05, 3.63) is 52.5 Å². The summed E-state index contributed by atoms with van der Waals surface area (Å²) in [5.41, 5.74) is 6.79. The highest BCUT2D eigenvalue weighted by Crippen LogP contribution is 2.39. The second-order valence-electron chi connectivity index (χ2n) is 8.19. The van der Waals surface area contributed by atoms with Crippen LogP contribution < -0.4 is 5.32 Å². The van der Waals surface area contributed by atoms with Crippen LogP contribution >= 0.6 is 0 Å². The number of carbonyl (C=O) groups excluding carboxylic acids is 1. The lowest BCUT2D eigenvalue weighted by molar-refractivity contribution is 0.0873. The quantitative estimate of drug-likeness (QED) is 0.399. The predicted molar refractivity (Wildman–Crippen MR) is 125 cm³/mol. The molecule has 0 bridgehead atoms. The smallest absolute Gasteiger partial charge is 0.256 e. The molecular formula is C25H30N4O3. The lowest BCUT2D eigenvalue weighted by Gasteiger charge is -2.14. The van der Waals surface area contributed by atoms with Gasteiger partial charge in [0, 0.05) is 18.1 Å². The number of hydrogen-bond acceptors (Lipinski definition) is 5. The highest BCUT2D eigenvalue weighted by molar-refractivity contribution is 6.09. The molecule has 3 aromatic heterocycles. The molecule has 3 heterocycles. The molecule has 0 unspecified atom stereocenters. The molecule has 7 nitrogen and oxygen atoms in total. The molecule has 7 heteroatoms. The van der Waals surface area contributed by atoms with Gasteiger partial charge in [0.2, 0.25) is 0 Å². The first-order valence-electron chi connectivity index (χ1n) is 11.1. The molecule has 0 aliphatic carbocycles. The number of imidazole rings is 1. The van der Waals surface area contributed by atoms with E-state index in [1.807, 2.05) is 37.4 Å². The summed E-state index contributed by atoms with van der Waals surface area (Å²) in [5, 5.41) is 8.43. The Labute approximate surface area is 187 Å². The zero-order valence-corrected chi connectivity index (χ0v) is 19.6. The molecule has 0 radical (unpaired) electrons. The number of aryl methyl sites for hydroxylation is 3. The van der Waals surface area contributed by atoms with Crippen molar-refractivity contribution < 1.29 is 13.9 Å².